The number of ether oxygens (including phenoxy) is 1. The van der Waals surface area contributed by atoms with E-state index < -0.39 is 5.41 Å². The number of methoxy groups -OCH3 is 1. The quantitative estimate of drug-likeness (QED) is 0.912. The van der Waals surface area contributed by atoms with Crippen LogP contribution in [0.5, 0.6) is 5.75 Å². The van der Waals surface area contributed by atoms with E-state index in [9.17, 15) is 4.79 Å². The molecule has 0 spiro atoms. The van der Waals surface area contributed by atoms with Gasteiger partial charge in [-0.15, -0.1) is 0 Å². The first-order valence-corrected chi connectivity index (χ1v) is 7.66. The fourth-order valence-corrected chi connectivity index (χ4v) is 3.07. The van der Waals surface area contributed by atoms with Gasteiger partial charge in [-0.1, -0.05) is 35.9 Å². The molecule has 0 unspecified atom stereocenters. The molecule has 0 atom stereocenters. The van der Waals surface area contributed by atoms with Gasteiger partial charge < -0.3 is 10.1 Å². The number of benzene rings is 2. The lowest BCUT2D eigenvalue weighted by molar-refractivity contribution is -0.118. The predicted octanol–water partition coefficient (Wildman–Crippen LogP) is 4.33. The van der Waals surface area contributed by atoms with Crippen LogP contribution in [-0.2, 0) is 10.2 Å². The molecule has 1 aliphatic rings. The number of carbonyl (C=O) groups is 1. The zero-order valence-corrected chi connectivity index (χ0v) is 13.4. The summed E-state index contributed by atoms with van der Waals surface area (Å²) in [6.45, 7) is 1.98. The lowest BCUT2D eigenvalue weighted by Crippen LogP contribution is -2.28. The molecule has 1 N–H and O–H groups in total. The Morgan fingerprint density at radius 1 is 1.23 bits per heavy atom. The van der Waals surface area contributed by atoms with Crippen LogP contribution in [0.1, 0.15) is 24.0 Å². The minimum absolute atomic E-state index is 0.0236. The van der Waals surface area contributed by atoms with Crippen LogP contribution >= 0.6 is 11.6 Å². The average Bonchev–Trinajstić information content (AvgIpc) is 3.29. The van der Waals surface area contributed by atoms with Crippen molar-refractivity contribution in [3.8, 4) is 5.75 Å². The maximum Gasteiger partial charge on any atom is 0.235 e. The third-order valence-electron chi connectivity index (χ3n) is 4.18. The van der Waals surface area contributed by atoms with Gasteiger partial charge in [-0.05, 0) is 49.1 Å². The van der Waals surface area contributed by atoms with E-state index in [0.717, 1.165) is 24.0 Å². The standard InChI is InChI=1S/C18H18ClNO2/c1-12-7-8-16(22-2)15(11-12)20-17(21)18(9-10-18)13-5-3-4-6-14(13)19/h3-8,11H,9-10H2,1-2H3,(H,20,21). The van der Waals surface area contributed by atoms with E-state index in [2.05, 4.69) is 5.32 Å². The van der Waals surface area contributed by atoms with Crippen LogP contribution in [-0.4, -0.2) is 13.0 Å². The maximum atomic E-state index is 12.8. The van der Waals surface area contributed by atoms with Gasteiger partial charge in [0.25, 0.3) is 0 Å². The van der Waals surface area contributed by atoms with Crippen LogP contribution < -0.4 is 10.1 Å². The Morgan fingerprint density at radius 2 is 1.95 bits per heavy atom. The number of rotatable bonds is 4. The van der Waals surface area contributed by atoms with Crippen molar-refractivity contribution in [1.29, 1.82) is 0 Å². The van der Waals surface area contributed by atoms with Crippen LogP contribution in [0.4, 0.5) is 5.69 Å². The maximum absolute atomic E-state index is 12.8. The molecule has 2 aromatic rings. The van der Waals surface area contributed by atoms with Crippen molar-refractivity contribution in [3.63, 3.8) is 0 Å². The predicted molar refractivity (Wildman–Crippen MR) is 88.7 cm³/mol. The summed E-state index contributed by atoms with van der Waals surface area (Å²) in [4.78, 5) is 12.8. The van der Waals surface area contributed by atoms with Crippen LogP contribution in [0.15, 0.2) is 42.5 Å². The van der Waals surface area contributed by atoms with Gasteiger partial charge in [0.2, 0.25) is 5.91 Å². The molecule has 1 amide bonds. The molecule has 22 heavy (non-hydrogen) atoms. The van der Waals surface area contributed by atoms with E-state index in [1.54, 1.807) is 7.11 Å². The second-order valence-electron chi connectivity index (χ2n) is 5.72. The fourth-order valence-electron chi connectivity index (χ4n) is 2.75. The van der Waals surface area contributed by atoms with Crippen molar-refractivity contribution in [1.82, 2.24) is 0 Å². The molecule has 1 aliphatic carbocycles. The smallest absolute Gasteiger partial charge is 0.235 e. The lowest BCUT2D eigenvalue weighted by atomic mass is 9.94. The molecule has 0 aliphatic heterocycles. The monoisotopic (exact) mass is 315 g/mol. The fraction of sp³-hybridized carbons (Fsp3) is 0.278. The number of aryl methyl sites for hydroxylation is 1. The van der Waals surface area contributed by atoms with Gasteiger partial charge in [-0.25, -0.2) is 0 Å². The first-order chi connectivity index (χ1) is 10.6. The second-order valence-corrected chi connectivity index (χ2v) is 6.13. The van der Waals surface area contributed by atoms with E-state index in [1.165, 1.54) is 0 Å². The van der Waals surface area contributed by atoms with E-state index in [1.807, 2.05) is 49.4 Å². The molecule has 0 bridgehead atoms. The highest BCUT2D eigenvalue weighted by atomic mass is 35.5. The number of anilines is 1. The van der Waals surface area contributed by atoms with Crippen molar-refractivity contribution in [3.05, 3.63) is 58.6 Å². The average molecular weight is 316 g/mol. The Bertz CT molecular complexity index is 723. The first-order valence-electron chi connectivity index (χ1n) is 7.28. The van der Waals surface area contributed by atoms with Gasteiger partial charge in [0.05, 0.1) is 18.2 Å². The summed E-state index contributed by atoms with van der Waals surface area (Å²) in [7, 11) is 1.60. The van der Waals surface area contributed by atoms with Crippen LogP contribution in [0, 0.1) is 6.92 Å². The molecular formula is C18H18ClNO2. The summed E-state index contributed by atoms with van der Waals surface area (Å²) in [5.41, 5.74) is 2.16. The summed E-state index contributed by atoms with van der Waals surface area (Å²) in [6, 6.07) is 13.3. The molecule has 0 heterocycles. The first kappa shape index (κ1) is 14.9. The number of hydrogen-bond donors (Lipinski definition) is 1. The van der Waals surface area contributed by atoms with E-state index in [-0.39, 0.29) is 5.91 Å². The Labute approximate surface area is 135 Å². The van der Waals surface area contributed by atoms with E-state index >= 15 is 0 Å². The van der Waals surface area contributed by atoms with Gasteiger partial charge >= 0.3 is 0 Å². The Balaban J connectivity index is 1.90. The number of carbonyl (C=O) groups excluding carboxylic acids is 1. The van der Waals surface area contributed by atoms with Crippen LogP contribution in [0.2, 0.25) is 5.02 Å². The van der Waals surface area contributed by atoms with Crippen molar-refractivity contribution in [2.45, 2.75) is 25.2 Å². The summed E-state index contributed by atoms with van der Waals surface area (Å²) in [6.07, 6.45) is 1.63. The topological polar surface area (TPSA) is 38.3 Å². The second kappa shape index (κ2) is 5.65. The summed E-state index contributed by atoms with van der Waals surface area (Å²) >= 11 is 6.27. The van der Waals surface area contributed by atoms with E-state index in [0.29, 0.717) is 16.5 Å². The zero-order valence-electron chi connectivity index (χ0n) is 12.7. The summed E-state index contributed by atoms with van der Waals surface area (Å²) in [5, 5.41) is 3.65. The molecule has 0 saturated heterocycles. The third kappa shape index (κ3) is 2.57. The molecule has 2 aromatic carbocycles. The van der Waals surface area contributed by atoms with Gasteiger partial charge in [0, 0.05) is 5.02 Å². The van der Waals surface area contributed by atoms with Gasteiger partial charge in [0.15, 0.2) is 0 Å². The molecule has 3 rings (SSSR count). The van der Waals surface area contributed by atoms with Gasteiger partial charge in [0.1, 0.15) is 5.75 Å². The van der Waals surface area contributed by atoms with Gasteiger partial charge in [-0.3, -0.25) is 4.79 Å². The Kier molecular flexibility index (Phi) is 3.83. The van der Waals surface area contributed by atoms with Crippen LogP contribution in [0.25, 0.3) is 0 Å². The lowest BCUT2D eigenvalue weighted by Gasteiger charge is -2.18. The van der Waals surface area contributed by atoms with Crippen molar-refractivity contribution >= 4 is 23.2 Å². The van der Waals surface area contributed by atoms with E-state index in [4.69, 9.17) is 16.3 Å². The van der Waals surface area contributed by atoms with Crippen molar-refractivity contribution in [2.75, 3.05) is 12.4 Å². The van der Waals surface area contributed by atoms with Gasteiger partial charge in [-0.2, -0.15) is 0 Å². The minimum Gasteiger partial charge on any atom is -0.495 e. The number of amides is 1. The molecular weight excluding hydrogens is 298 g/mol. The normalized spacial score (nSPS) is 15.2. The SMILES string of the molecule is COc1ccc(C)cc1NC(=O)C1(c2ccccc2Cl)CC1. The number of nitrogens with one attached hydrogen (secondary N) is 1. The molecule has 0 radical (unpaired) electrons. The minimum atomic E-state index is -0.507. The Morgan fingerprint density at radius 3 is 2.59 bits per heavy atom. The summed E-state index contributed by atoms with van der Waals surface area (Å²) < 4.78 is 5.32. The molecule has 1 saturated carbocycles. The zero-order chi connectivity index (χ0) is 15.7. The molecule has 4 heteroatoms. The largest absolute Gasteiger partial charge is 0.495 e. The van der Waals surface area contributed by atoms with Crippen LogP contribution in [0.3, 0.4) is 0 Å². The molecule has 3 nitrogen and oxygen atoms in total. The molecule has 0 aromatic heterocycles. The number of halogens is 1. The highest BCUT2D eigenvalue weighted by Crippen LogP contribution is 2.51. The Hall–Kier alpha value is -2.00. The molecule has 114 valence electrons. The highest BCUT2D eigenvalue weighted by Gasteiger charge is 2.52. The highest BCUT2D eigenvalue weighted by molar-refractivity contribution is 6.32. The third-order valence-corrected chi connectivity index (χ3v) is 4.51. The van der Waals surface area contributed by atoms with Crippen molar-refractivity contribution < 1.29 is 9.53 Å². The number of hydrogen-bond acceptors (Lipinski definition) is 2. The molecule has 1 fully saturated rings. The summed E-state index contributed by atoms with van der Waals surface area (Å²) in [5.74, 6) is 0.637. The van der Waals surface area contributed by atoms with Crippen molar-refractivity contribution in [2.24, 2.45) is 0 Å².